The summed E-state index contributed by atoms with van der Waals surface area (Å²) in [5.74, 6) is 0.770. The number of nitrogens with zero attached hydrogens (tertiary/aromatic N) is 2. The van der Waals surface area contributed by atoms with Crippen LogP contribution < -0.4 is 15.5 Å². The average Bonchev–Trinajstić information content (AvgIpc) is 2.98. The summed E-state index contributed by atoms with van der Waals surface area (Å²) < 4.78 is 0. The number of aliphatic imine (C=N–C) groups is 1. The molecule has 0 unspecified atom stereocenters. The van der Waals surface area contributed by atoms with Gasteiger partial charge >= 0.3 is 0 Å². The third kappa shape index (κ3) is 3.50. The van der Waals surface area contributed by atoms with Crippen molar-refractivity contribution in [1.29, 1.82) is 0 Å². The highest BCUT2D eigenvalue weighted by Gasteiger charge is 2.15. The lowest BCUT2D eigenvalue weighted by Gasteiger charge is -2.22. The van der Waals surface area contributed by atoms with Gasteiger partial charge in [-0.2, -0.15) is 0 Å². The topological polar surface area (TPSA) is 39.7 Å². The summed E-state index contributed by atoms with van der Waals surface area (Å²) in [6.45, 7) is 6.67. The first-order chi connectivity index (χ1) is 9.35. The second-order valence-corrected chi connectivity index (χ2v) is 4.58. The van der Waals surface area contributed by atoms with Crippen molar-refractivity contribution >= 4 is 17.3 Å². The smallest absolute Gasteiger partial charge is 0.195 e. The van der Waals surface area contributed by atoms with Gasteiger partial charge in [0, 0.05) is 26.7 Å². The fourth-order valence-electron chi connectivity index (χ4n) is 2.29. The Balaban J connectivity index is 2.12. The molecule has 0 spiro atoms. The number of hydrogen-bond acceptors (Lipinski definition) is 2. The van der Waals surface area contributed by atoms with Crippen molar-refractivity contribution in [3.05, 3.63) is 36.9 Å². The van der Waals surface area contributed by atoms with Crippen LogP contribution >= 0.6 is 0 Å². The standard InChI is InChI=1S/C15H22N4/c1-3-10-17-15(16-2)18-13-8-4-5-9-14(13)19-11-6-7-12-19/h3-5,8-9H,1,6-7,10-12H2,2H3,(H2,16,17,18). The maximum atomic E-state index is 4.22. The number of para-hydroxylation sites is 2. The van der Waals surface area contributed by atoms with E-state index in [0.717, 1.165) is 24.7 Å². The van der Waals surface area contributed by atoms with Crippen LogP contribution in [0.5, 0.6) is 0 Å². The van der Waals surface area contributed by atoms with E-state index in [0.29, 0.717) is 6.54 Å². The summed E-state index contributed by atoms with van der Waals surface area (Å²) in [6.07, 6.45) is 4.37. The molecule has 0 aromatic heterocycles. The molecule has 1 aromatic rings. The summed E-state index contributed by atoms with van der Waals surface area (Å²) in [5, 5.41) is 6.55. The van der Waals surface area contributed by atoms with Gasteiger partial charge in [0.05, 0.1) is 11.4 Å². The Hall–Kier alpha value is -1.97. The lowest BCUT2D eigenvalue weighted by Crippen LogP contribution is -2.31. The molecule has 1 aliphatic heterocycles. The Morgan fingerprint density at radius 3 is 2.79 bits per heavy atom. The lowest BCUT2D eigenvalue weighted by atomic mass is 10.2. The van der Waals surface area contributed by atoms with Crippen molar-refractivity contribution in [2.24, 2.45) is 4.99 Å². The van der Waals surface area contributed by atoms with Gasteiger partial charge in [-0.25, -0.2) is 0 Å². The third-order valence-corrected chi connectivity index (χ3v) is 3.24. The van der Waals surface area contributed by atoms with Crippen molar-refractivity contribution in [3.8, 4) is 0 Å². The summed E-state index contributed by atoms with van der Waals surface area (Å²) >= 11 is 0. The highest BCUT2D eigenvalue weighted by Crippen LogP contribution is 2.28. The quantitative estimate of drug-likeness (QED) is 0.495. The van der Waals surface area contributed by atoms with Crippen LogP contribution in [0.4, 0.5) is 11.4 Å². The fourth-order valence-corrected chi connectivity index (χ4v) is 2.29. The minimum absolute atomic E-state index is 0.700. The normalized spacial score (nSPS) is 15.4. The van der Waals surface area contributed by atoms with Crippen LogP contribution in [0.25, 0.3) is 0 Å². The van der Waals surface area contributed by atoms with Gasteiger partial charge in [0.15, 0.2) is 5.96 Å². The Morgan fingerprint density at radius 1 is 1.37 bits per heavy atom. The van der Waals surface area contributed by atoms with Gasteiger partial charge in [-0.05, 0) is 25.0 Å². The van der Waals surface area contributed by atoms with E-state index in [4.69, 9.17) is 0 Å². The molecular weight excluding hydrogens is 236 g/mol. The summed E-state index contributed by atoms with van der Waals surface area (Å²) in [7, 11) is 1.77. The Morgan fingerprint density at radius 2 is 2.11 bits per heavy atom. The molecule has 0 aliphatic carbocycles. The summed E-state index contributed by atoms with van der Waals surface area (Å²) in [5.41, 5.74) is 2.35. The van der Waals surface area contributed by atoms with E-state index in [9.17, 15) is 0 Å². The van der Waals surface area contributed by atoms with Gasteiger partial charge in [-0.15, -0.1) is 6.58 Å². The maximum Gasteiger partial charge on any atom is 0.195 e. The number of hydrogen-bond donors (Lipinski definition) is 2. The molecule has 4 nitrogen and oxygen atoms in total. The van der Waals surface area contributed by atoms with Crippen molar-refractivity contribution in [3.63, 3.8) is 0 Å². The van der Waals surface area contributed by atoms with Crippen molar-refractivity contribution in [1.82, 2.24) is 5.32 Å². The van der Waals surface area contributed by atoms with Crippen LogP contribution in [0.3, 0.4) is 0 Å². The monoisotopic (exact) mass is 258 g/mol. The minimum Gasteiger partial charge on any atom is -0.370 e. The van der Waals surface area contributed by atoms with Crippen LogP contribution in [-0.4, -0.2) is 32.6 Å². The van der Waals surface area contributed by atoms with Crippen molar-refractivity contribution in [2.45, 2.75) is 12.8 Å². The Bertz CT molecular complexity index is 447. The SMILES string of the molecule is C=CCNC(=NC)Nc1ccccc1N1CCCC1. The van der Waals surface area contributed by atoms with E-state index in [1.54, 1.807) is 7.05 Å². The molecular formula is C15H22N4. The molecule has 1 fully saturated rings. The zero-order valence-electron chi connectivity index (χ0n) is 11.5. The molecule has 0 saturated carbocycles. The molecule has 1 aromatic carbocycles. The van der Waals surface area contributed by atoms with E-state index < -0.39 is 0 Å². The zero-order chi connectivity index (χ0) is 13.5. The van der Waals surface area contributed by atoms with Gasteiger partial charge in [-0.3, -0.25) is 4.99 Å². The van der Waals surface area contributed by atoms with Crippen LogP contribution in [0.2, 0.25) is 0 Å². The van der Waals surface area contributed by atoms with Crippen molar-refractivity contribution in [2.75, 3.05) is 36.9 Å². The fraction of sp³-hybridized carbons (Fsp3) is 0.400. The third-order valence-electron chi connectivity index (χ3n) is 3.24. The summed E-state index contributed by atoms with van der Waals surface area (Å²) in [4.78, 5) is 6.64. The first kappa shape index (κ1) is 13.5. The van der Waals surface area contributed by atoms with Crippen LogP contribution in [0, 0.1) is 0 Å². The van der Waals surface area contributed by atoms with E-state index >= 15 is 0 Å². The predicted octanol–water partition coefficient (Wildman–Crippen LogP) is 2.46. The molecule has 0 radical (unpaired) electrons. The molecule has 1 aliphatic rings. The molecule has 0 atom stereocenters. The summed E-state index contributed by atoms with van der Waals surface area (Å²) in [6, 6.07) is 8.38. The largest absolute Gasteiger partial charge is 0.370 e. The average molecular weight is 258 g/mol. The van der Waals surface area contributed by atoms with E-state index in [1.165, 1.54) is 18.5 Å². The second-order valence-electron chi connectivity index (χ2n) is 4.58. The predicted molar refractivity (Wildman–Crippen MR) is 83.1 cm³/mol. The molecule has 2 N–H and O–H groups in total. The molecule has 0 amide bonds. The second kappa shape index (κ2) is 6.83. The molecule has 0 bridgehead atoms. The zero-order valence-corrected chi connectivity index (χ0v) is 11.5. The first-order valence-corrected chi connectivity index (χ1v) is 6.77. The number of guanidine groups is 1. The van der Waals surface area contributed by atoms with Gasteiger partial charge in [-0.1, -0.05) is 18.2 Å². The van der Waals surface area contributed by atoms with Gasteiger partial charge in [0.2, 0.25) is 0 Å². The minimum atomic E-state index is 0.700. The van der Waals surface area contributed by atoms with Crippen LogP contribution in [0.15, 0.2) is 41.9 Å². The van der Waals surface area contributed by atoms with Crippen LogP contribution in [-0.2, 0) is 0 Å². The highest BCUT2D eigenvalue weighted by atomic mass is 15.2. The maximum absolute atomic E-state index is 4.22. The van der Waals surface area contributed by atoms with E-state index in [-0.39, 0.29) is 0 Å². The molecule has 2 rings (SSSR count). The first-order valence-electron chi connectivity index (χ1n) is 6.77. The number of nitrogens with one attached hydrogen (secondary N) is 2. The molecule has 4 heteroatoms. The highest BCUT2D eigenvalue weighted by molar-refractivity contribution is 5.96. The van der Waals surface area contributed by atoms with Gasteiger partial charge in [0.1, 0.15) is 0 Å². The van der Waals surface area contributed by atoms with Gasteiger partial charge < -0.3 is 15.5 Å². The van der Waals surface area contributed by atoms with Gasteiger partial charge in [0.25, 0.3) is 0 Å². The molecule has 19 heavy (non-hydrogen) atoms. The number of rotatable bonds is 4. The van der Waals surface area contributed by atoms with E-state index in [2.05, 4.69) is 45.3 Å². The number of anilines is 2. The number of benzene rings is 1. The molecule has 102 valence electrons. The lowest BCUT2D eigenvalue weighted by molar-refractivity contribution is 0.949. The van der Waals surface area contributed by atoms with Crippen molar-refractivity contribution < 1.29 is 0 Å². The molecule has 1 heterocycles. The Labute approximate surface area is 115 Å². The van der Waals surface area contributed by atoms with Crippen LogP contribution in [0.1, 0.15) is 12.8 Å². The van der Waals surface area contributed by atoms with E-state index in [1.807, 2.05) is 12.1 Å². The Kier molecular flexibility index (Phi) is 4.84. The molecule has 1 saturated heterocycles.